The second kappa shape index (κ2) is 6.96. The lowest BCUT2D eigenvalue weighted by molar-refractivity contribution is 0.0579. The van der Waals surface area contributed by atoms with Crippen molar-refractivity contribution in [3.63, 3.8) is 0 Å². The third kappa shape index (κ3) is 3.51. The van der Waals surface area contributed by atoms with Crippen LogP contribution in [-0.4, -0.2) is 11.2 Å². The summed E-state index contributed by atoms with van der Waals surface area (Å²) in [7, 11) is 0. The molecule has 1 N–H and O–H groups in total. The van der Waals surface area contributed by atoms with E-state index in [1.54, 1.807) is 0 Å². The first-order valence-corrected chi connectivity index (χ1v) is 9.03. The molecule has 21 heavy (non-hydrogen) atoms. The summed E-state index contributed by atoms with van der Waals surface area (Å²) in [6, 6.07) is 8.74. The molecule has 2 aliphatic rings. The molecule has 2 unspecified atom stereocenters. The van der Waals surface area contributed by atoms with E-state index in [0.717, 1.165) is 12.3 Å². The average Bonchev–Trinajstić information content (AvgIpc) is 2.51. The SMILES string of the molecule is CCCCC1CCC(C(O)CC2Cc3ccccc32)CC1. The Balaban J connectivity index is 1.44. The van der Waals surface area contributed by atoms with E-state index in [1.807, 2.05) is 0 Å². The van der Waals surface area contributed by atoms with Crippen LogP contribution in [0.2, 0.25) is 0 Å². The molecule has 0 amide bonds. The lowest BCUT2D eigenvalue weighted by Crippen LogP contribution is -2.30. The van der Waals surface area contributed by atoms with Crippen molar-refractivity contribution in [3.05, 3.63) is 35.4 Å². The molecule has 0 heterocycles. The number of aliphatic hydroxyl groups excluding tert-OH is 1. The van der Waals surface area contributed by atoms with Crippen molar-refractivity contribution >= 4 is 0 Å². The number of fused-ring (bicyclic) bond motifs is 1. The number of hydrogen-bond donors (Lipinski definition) is 1. The van der Waals surface area contributed by atoms with Gasteiger partial charge in [-0.1, -0.05) is 63.3 Å². The first-order chi connectivity index (χ1) is 10.3. The van der Waals surface area contributed by atoms with Crippen LogP contribution in [0.25, 0.3) is 0 Å². The van der Waals surface area contributed by atoms with Gasteiger partial charge in [0, 0.05) is 0 Å². The zero-order valence-electron chi connectivity index (χ0n) is 13.4. The van der Waals surface area contributed by atoms with Crippen molar-refractivity contribution in [3.8, 4) is 0 Å². The first-order valence-electron chi connectivity index (χ1n) is 9.03. The van der Waals surface area contributed by atoms with Crippen LogP contribution in [0.3, 0.4) is 0 Å². The third-order valence-corrected chi connectivity index (χ3v) is 5.89. The minimum atomic E-state index is -0.0736. The topological polar surface area (TPSA) is 20.2 Å². The highest BCUT2D eigenvalue weighted by Crippen LogP contribution is 2.41. The van der Waals surface area contributed by atoms with Crippen LogP contribution >= 0.6 is 0 Å². The summed E-state index contributed by atoms with van der Waals surface area (Å²) in [6.45, 7) is 2.28. The van der Waals surface area contributed by atoms with E-state index in [1.165, 1.54) is 62.5 Å². The van der Waals surface area contributed by atoms with Gasteiger partial charge in [0.15, 0.2) is 0 Å². The Hall–Kier alpha value is -0.820. The molecule has 1 saturated carbocycles. The van der Waals surface area contributed by atoms with E-state index >= 15 is 0 Å². The fraction of sp³-hybridized carbons (Fsp3) is 0.700. The second-order valence-corrected chi connectivity index (χ2v) is 7.33. The van der Waals surface area contributed by atoms with Crippen molar-refractivity contribution in [2.45, 2.75) is 76.7 Å². The number of unbranched alkanes of at least 4 members (excludes halogenated alkanes) is 1. The fourth-order valence-electron chi connectivity index (χ4n) is 4.41. The molecule has 0 aliphatic heterocycles. The van der Waals surface area contributed by atoms with E-state index in [4.69, 9.17) is 0 Å². The second-order valence-electron chi connectivity index (χ2n) is 7.33. The molecule has 0 bridgehead atoms. The molecule has 0 saturated heterocycles. The summed E-state index contributed by atoms with van der Waals surface area (Å²) < 4.78 is 0. The molecule has 116 valence electrons. The van der Waals surface area contributed by atoms with Crippen LogP contribution in [0.4, 0.5) is 0 Å². The number of benzene rings is 1. The summed E-state index contributed by atoms with van der Waals surface area (Å²) in [5.41, 5.74) is 2.99. The molecule has 2 atom stereocenters. The van der Waals surface area contributed by atoms with Gasteiger partial charge in [-0.05, 0) is 54.6 Å². The van der Waals surface area contributed by atoms with Crippen molar-refractivity contribution in [2.24, 2.45) is 11.8 Å². The summed E-state index contributed by atoms with van der Waals surface area (Å²) in [5.74, 6) is 2.13. The number of aliphatic hydroxyl groups is 1. The van der Waals surface area contributed by atoms with Crippen LogP contribution < -0.4 is 0 Å². The molecular formula is C20H30O. The number of hydrogen-bond acceptors (Lipinski definition) is 1. The molecule has 1 heteroatoms. The maximum atomic E-state index is 10.6. The fourth-order valence-corrected chi connectivity index (χ4v) is 4.41. The monoisotopic (exact) mass is 286 g/mol. The van der Waals surface area contributed by atoms with Gasteiger partial charge in [0.2, 0.25) is 0 Å². The van der Waals surface area contributed by atoms with Gasteiger partial charge in [0.1, 0.15) is 0 Å². The van der Waals surface area contributed by atoms with Crippen LogP contribution in [0.5, 0.6) is 0 Å². The highest BCUT2D eigenvalue weighted by molar-refractivity contribution is 5.39. The van der Waals surface area contributed by atoms with E-state index < -0.39 is 0 Å². The predicted molar refractivity (Wildman–Crippen MR) is 88.5 cm³/mol. The predicted octanol–water partition coefficient (Wildman–Crippen LogP) is 5.07. The Labute approximate surface area is 129 Å². The van der Waals surface area contributed by atoms with Crippen LogP contribution in [0.15, 0.2) is 24.3 Å². The third-order valence-electron chi connectivity index (χ3n) is 5.89. The Morgan fingerprint density at radius 2 is 1.90 bits per heavy atom. The van der Waals surface area contributed by atoms with Gasteiger partial charge < -0.3 is 5.11 Å². The van der Waals surface area contributed by atoms with Gasteiger partial charge >= 0.3 is 0 Å². The molecule has 0 spiro atoms. The molecule has 3 rings (SSSR count). The van der Waals surface area contributed by atoms with Crippen molar-refractivity contribution in [2.75, 3.05) is 0 Å². The van der Waals surface area contributed by atoms with E-state index in [-0.39, 0.29) is 6.10 Å². The largest absolute Gasteiger partial charge is 0.393 e. The summed E-state index contributed by atoms with van der Waals surface area (Å²) >= 11 is 0. The zero-order chi connectivity index (χ0) is 14.7. The Morgan fingerprint density at radius 3 is 2.62 bits per heavy atom. The lowest BCUT2D eigenvalue weighted by atomic mass is 9.71. The minimum absolute atomic E-state index is 0.0736. The van der Waals surface area contributed by atoms with Gasteiger partial charge in [0.25, 0.3) is 0 Å². The van der Waals surface area contributed by atoms with Gasteiger partial charge in [-0.2, -0.15) is 0 Å². The maximum absolute atomic E-state index is 10.6. The quantitative estimate of drug-likeness (QED) is 0.773. The molecule has 1 aromatic rings. The summed E-state index contributed by atoms with van der Waals surface area (Å²) in [6.07, 6.45) is 11.4. The van der Waals surface area contributed by atoms with E-state index in [9.17, 15) is 5.11 Å². The van der Waals surface area contributed by atoms with E-state index in [0.29, 0.717) is 11.8 Å². The van der Waals surface area contributed by atoms with E-state index in [2.05, 4.69) is 31.2 Å². The maximum Gasteiger partial charge on any atom is 0.0574 e. The molecule has 1 aromatic carbocycles. The lowest BCUT2D eigenvalue weighted by Gasteiger charge is -2.36. The molecule has 2 aliphatic carbocycles. The zero-order valence-corrected chi connectivity index (χ0v) is 13.4. The molecule has 0 radical (unpaired) electrons. The van der Waals surface area contributed by atoms with Crippen molar-refractivity contribution < 1.29 is 5.11 Å². The minimum Gasteiger partial charge on any atom is -0.393 e. The number of rotatable bonds is 6. The highest BCUT2D eigenvalue weighted by atomic mass is 16.3. The Morgan fingerprint density at radius 1 is 1.14 bits per heavy atom. The van der Waals surface area contributed by atoms with Crippen LogP contribution in [0, 0.1) is 11.8 Å². The van der Waals surface area contributed by atoms with Gasteiger partial charge in [0.05, 0.1) is 6.10 Å². The summed E-state index contributed by atoms with van der Waals surface area (Å²) in [4.78, 5) is 0. The van der Waals surface area contributed by atoms with Crippen molar-refractivity contribution in [1.82, 2.24) is 0 Å². The normalized spacial score (nSPS) is 29.5. The smallest absolute Gasteiger partial charge is 0.0574 e. The van der Waals surface area contributed by atoms with Gasteiger partial charge in [-0.25, -0.2) is 0 Å². The van der Waals surface area contributed by atoms with Crippen molar-refractivity contribution in [1.29, 1.82) is 0 Å². The first kappa shape index (κ1) is 15.1. The molecule has 0 aromatic heterocycles. The molecule has 1 nitrogen and oxygen atoms in total. The standard InChI is InChI=1S/C20H30O/c1-2-3-6-15-9-11-16(12-10-15)20(21)14-18-13-17-7-4-5-8-19(17)18/h4-5,7-8,15-16,18,20-21H,2-3,6,9-14H2,1H3. The van der Waals surface area contributed by atoms with Crippen LogP contribution in [0.1, 0.15) is 75.3 Å². The average molecular weight is 286 g/mol. The van der Waals surface area contributed by atoms with Crippen LogP contribution in [-0.2, 0) is 6.42 Å². The molecule has 1 fully saturated rings. The Kier molecular flexibility index (Phi) is 5.00. The highest BCUT2D eigenvalue weighted by Gasteiger charge is 2.32. The van der Waals surface area contributed by atoms with Gasteiger partial charge in [-0.3, -0.25) is 0 Å². The van der Waals surface area contributed by atoms with Gasteiger partial charge in [-0.15, -0.1) is 0 Å². The summed E-state index contributed by atoms with van der Waals surface area (Å²) in [5, 5.41) is 10.6. The molecular weight excluding hydrogens is 256 g/mol. The Bertz CT molecular complexity index is 445.